The number of nitrogens with zero attached hydrogens (tertiary/aromatic N) is 9. The Morgan fingerprint density at radius 3 is 1.68 bits per heavy atom. The fraction of sp³-hybridized carbons (Fsp3) is 0.391. The summed E-state index contributed by atoms with van der Waals surface area (Å²) < 4.78 is 19.8. The van der Waals surface area contributed by atoms with Gasteiger partial charge in [-0.1, -0.05) is 49.1 Å². The number of ether oxygens (including phenoxy) is 2. The maximum absolute atomic E-state index is 12.6. The third-order valence-electron chi connectivity index (χ3n) is 10.4. The number of aryl methyl sites for hydroxylation is 7. The highest BCUT2D eigenvalue weighted by Gasteiger charge is 2.25. The Bertz CT molecular complexity index is 2770. The summed E-state index contributed by atoms with van der Waals surface area (Å²) in [4.78, 5) is 31.5. The van der Waals surface area contributed by atoms with Gasteiger partial charge in [0.1, 0.15) is 41.1 Å². The lowest BCUT2D eigenvalue weighted by Crippen LogP contribution is -2.31. The minimum Gasteiger partial charge on any atom is -0.497 e. The fourth-order valence-corrected chi connectivity index (χ4v) is 7.49. The number of carbonyl (C=O) groups excluding carboxylic acids is 1. The maximum atomic E-state index is 12.6. The van der Waals surface area contributed by atoms with Crippen molar-refractivity contribution in [2.75, 3.05) is 24.9 Å². The number of carbonyl (C=O) groups is 1. The van der Waals surface area contributed by atoms with Crippen molar-refractivity contribution in [3.63, 3.8) is 0 Å². The molecule has 0 saturated carbocycles. The molecule has 0 unspecified atom stereocenters. The van der Waals surface area contributed by atoms with E-state index in [0.717, 1.165) is 98.4 Å². The molecule has 5 aromatic heterocycles. The number of nitrogens with one attached hydrogen (secondary N) is 2. The van der Waals surface area contributed by atoms with Crippen molar-refractivity contribution in [3.8, 4) is 33.8 Å². The molecular weight excluding hydrogens is 801 g/mol. The highest BCUT2D eigenvalue weighted by atomic mass is 16.7. The molecule has 0 saturated heterocycles. The van der Waals surface area contributed by atoms with Gasteiger partial charge in [-0.15, -0.1) is 0 Å². The van der Waals surface area contributed by atoms with Gasteiger partial charge in [-0.25, -0.2) is 14.8 Å². The molecule has 0 aliphatic rings. The van der Waals surface area contributed by atoms with E-state index in [1.807, 2.05) is 95.4 Å². The maximum Gasteiger partial charge on any atom is 0.357 e. The molecule has 0 spiro atoms. The van der Waals surface area contributed by atoms with Gasteiger partial charge in [0.05, 0.1) is 25.6 Å². The van der Waals surface area contributed by atoms with Gasteiger partial charge < -0.3 is 35.2 Å². The average molecular weight is 859 g/mol. The minimum absolute atomic E-state index is 0.105. The van der Waals surface area contributed by atoms with E-state index >= 15 is 0 Å². The normalized spacial score (nSPS) is 12.5. The monoisotopic (exact) mass is 858 g/mol. The number of fused-ring (bicyclic) bond motifs is 2. The highest BCUT2D eigenvalue weighted by molar-refractivity contribution is 5.85. The number of anilines is 2. The van der Waals surface area contributed by atoms with E-state index in [4.69, 9.17) is 44.7 Å². The molecule has 7 aromatic rings. The molecule has 5 heterocycles. The van der Waals surface area contributed by atoms with Gasteiger partial charge in [-0.3, -0.25) is 0 Å². The molecule has 0 radical (unpaired) electrons. The van der Waals surface area contributed by atoms with Crippen molar-refractivity contribution in [1.82, 2.24) is 39.3 Å². The first-order chi connectivity index (χ1) is 30.1. The summed E-state index contributed by atoms with van der Waals surface area (Å²) in [5.74, 6) is 4.00. The zero-order valence-corrected chi connectivity index (χ0v) is 38.2. The van der Waals surface area contributed by atoms with E-state index in [1.165, 1.54) is 0 Å². The summed E-state index contributed by atoms with van der Waals surface area (Å²) in [6.07, 6.45) is 3.17. The van der Waals surface area contributed by atoms with Crippen LogP contribution in [0.5, 0.6) is 11.5 Å². The predicted molar refractivity (Wildman–Crippen MR) is 244 cm³/mol. The van der Waals surface area contributed by atoms with Crippen molar-refractivity contribution >= 4 is 34.7 Å². The van der Waals surface area contributed by atoms with E-state index < -0.39 is 12.0 Å². The van der Waals surface area contributed by atoms with E-state index in [1.54, 1.807) is 25.7 Å². The van der Waals surface area contributed by atoms with Crippen molar-refractivity contribution in [2.45, 2.75) is 107 Å². The van der Waals surface area contributed by atoms with Gasteiger partial charge >= 0.3 is 5.97 Å². The molecule has 63 heavy (non-hydrogen) atoms. The van der Waals surface area contributed by atoms with Crippen molar-refractivity contribution in [1.29, 1.82) is 0 Å². The zero-order valence-electron chi connectivity index (χ0n) is 38.2. The number of oxime groups is 1. The lowest BCUT2D eigenvalue weighted by atomic mass is 10.0. The molecule has 0 aliphatic carbocycles. The number of hydrogen-bond donors (Lipinski definition) is 3. The summed E-state index contributed by atoms with van der Waals surface area (Å²) in [5.41, 5.74) is 16.7. The Labute approximate surface area is 367 Å². The first-order valence-corrected chi connectivity index (χ1v) is 21.0. The van der Waals surface area contributed by atoms with Crippen LogP contribution in [-0.2, 0) is 9.63 Å². The lowest BCUT2D eigenvalue weighted by Gasteiger charge is -2.17. The Kier molecular flexibility index (Phi) is 14.3. The van der Waals surface area contributed by atoms with Gasteiger partial charge in [0.2, 0.25) is 5.89 Å². The summed E-state index contributed by atoms with van der Waals surface area (Å²) in [6, 6.07) is 15.1. The van der Waals surface area contributed by atoms with Crippen LogP contribution < -0.4 is 25.8 Å². The number of amidine groups is 1. The Morgan fingerprint density at radius 1 is 0.746 bits per heavy atom. The third-order valence-corrected chi connectivity index (χ3v) is 10.4. The quantitative estimate of drug-likeness (QED) is 0.0382. The van der Waals surface area contributed by atoms with Crippen LogP contribution >= 0.6 is 0 Å². The second-order valence-corrected chi connectivity index (χ2v) is 15.6. The van der Waals surface area contributed by atoms with Crippen LogP contribution in [0.3, 0.4) is 0 Å². The highest BCUT2D eigenvalue weighted by Crippen LogP contribution is 2.35. The SMILES string of the molecule is CCC[C@H](Nc1cc(C)nc2c(-c3ccc(OC)cc3C)c(C)nn12)C(=O)O/N=C(\C)N.CCC[C@H](Nc1cc(C)nc2c(-c3ccc(OC)cc3C)c(C)nn12)c1nc(C)no1. The molecule has 2 atom stereocenters. The van der Waals surface area contributed by atoms with E-state index in [9.17, 15) is 4.79 Å². The summed E-state index contributed by atoms with van der Waals surface area (Å²) in [7, 11) is 3.32. The van der Waals surface area contributed by atoms with E-state index in [-0.39, 0.29) is 11.9 Å². The largest absolute Gasteiger partial charge is 0.497 e. The number of rotatable bonds is 15. The van der Waals surface area contributed by atoms with Crippen molar-refractivity contribution in [3.05, 3.63) is 94.1 Å². The Morgan fingerprint density at radius 2 is 1.25 bits per heavy atom. The summed E-state index contributed by atoms with van der Waals surface area (Å²) in [6.45, 7) is 19.5. The average Bonchev–Trinajstić information content (AvgIpc) is 3.93. The molecule has 332 valence electrons. The second kappa shape index (κ2) is 19.8. The molecule has 2 aromatic carbocycles. The fourth-order valence-electron chi connectivity index (χ4n) is 7.49. The molecule has 0 aliphatic heterocycles. The van der Waals surface area contributed by atoms with Gasteiger partial charge in [-0.05, 0) is 115 Å². The number of methoxy groups -OCH3 is 2. The van der Waals surface area contributed by atoms with E-state index in [2.05, 4.69) is 45.8 Å². The molecule has 7 rings (SSSR count). The smallest absolute Gasteiger partial charge is 0.357 e. The van der Waals surface area contributed by atoms with Gasteiger partial charge in [-0.2, -0.15) is 24.2 Å². The molecule has 17 nitrogen and oxygen atoms in total. The van der Waals surface area contributed by atoms with Crippen LogP contribution in [0.2, 0.25) is 0 Å². The zero-order chi connectivity index (χ0) is 45.5. The minimum atomic E-state index is -0.608. The molecule has 0 fully saturated rings. The van der Waals surface area contributed by atoms with Crippen LogP contribution in [0.25, 0.3) is 33.5 Å². The summed E-state index contributed by atoms with van der Waals surface area (Å²) in [5, 5.41) is 23.9. The van der Waals surface area contributed by atoms with Gasteiger partial charge in [0.25, 0.3) is 0 Å². The van der Waals surface area contributed by atoms with Crippen LogP contribution in [0.4, 0.5) is 11.6 Å². The van der Waals surface area contributed by atoms with Crippen LogP contribution in [-0.4, -0.2) is 71.4 Å². The summed E-state index contributed by atoms with van der Waals surface area (Å²) >= 11 is 0. The number of aromatic nitrogens is 8. The second-order valence-electron chi connectivity index (χ2n) is 15.6. The van der Waals surface area contributed by atoms with E-state index in [0.29, 0.717) is 29.6 Å². The van der Waals surface area contributed by atoms with Crippen molar-refractivity contribution < 1.29 is 23.6 Å². The first kappa shape index (κ1) is 45.5. The molecule has 4 N–H and O–H groups in total. The Hall–Kier alpha value is -7.04. The molecular formula is C46H58N12O5. The molecule has 17 heteroatoms. The van der Waals surface area contributed by atoms with Crippen molar-refractivity contribution in [2.24, 2.45) is 10.9 Å². The topological polar surface area (TPSA) is 206 Å². The lowest BCUT2D eigenvalue weighted by molar-refractivity contribution is -0.144. The Balaban J connectivity index is 0.000000210. The number of benzene rings is 2. The third kappa shape index (κ3) is 10.2. The van der Waals surface area contributed by atoms with Crippen LogP contribution in [0, 0.1) is 48.5 Å². The first-order valence-electron chi connectivity index (χ1n) is 21.0. The predicted octanol–water partition coefficient (Wildman–Crippen LogP) is 8.72. The van der Waals surface area contributed by atoms with Gasteiger partial charge in [0.15, 0.2) is 17.1 Å². The molecule has 0 amide bonds. The number of hydrogen-bond acceptors (Lipinski definition) is 14. The number of nitrogens with two attached hydrogens (primary N) is 1. The molecule has 0 bridgehead atoms. The van der Waals surface area contributed by atoms with Gasteiger partial charge in [0, 0.05) is 34.6 Å². The van der Waals surface area contributed by atoms with Crippen LogP contribution in [0.1, 0.15) is 98.1 Å². The standard InChI is InChI=1S/C23H30N6O3.C23H28N6O2/c1-7-8-19(23(30)32-28-16(5)24)26-20-12-14(3)25-22-21(15(4)27-29(20)22)18-10-9-17(31-6)11-13(18)2;1-7-8-19(23-25-16(5)28-31-23)26-20-12-14(3)24-22-21(15(4)27-29(20)22)18-10-9-17(30-6)11-13(18)2/h9-12,19,26H,7-8H2,1-6H3,(H2,24,28);9-12,19,26H,7-8H2,1-6H3/t2*19-/m00/s1. The van der Waals surface area contributed by atoms with Crippen LogP contribution in [0.15, 0.2) is 58.2 Å².